The van der Waals surface area contributed by atoms with Gasteiger partial charge in [0.05, 0.1) is 12.2 Å². The molecule has 3 aliphatic heterocycles. The van der Waals surface area contributed by atoms with Gasteiger partial charge in [-0.15, -0.1) is 0 Å². The molecule has 2 saturated heterocycles. The molecule has 0 aliphatic carbocycles. The van der Waals surface area contributed by atoms with Gasteiger partial charge in [0.15, 0.2) is 0 Å². The van der Waals surface area contributed by atoms with E-state index in [1.807, 2.05) is 6.07 Å². The van der Waals surface area contributed by atoms with Crippen molar-refractivity contribution in [1.82, 2.24) is 10.2 Å². The van der Waals surface area contributed by atoms with E-state index in [9.17, 15) is 4.79 Å². The van der Waals surface area contributed by atoms with Crippen molar-refractivity contribution in [3.05, 3.63) is 28.3 Å². The quantitative estimate of drug-likeness (QED) is 0.906. The van der Waals surface area contributed by atoms with Crippen molar-refractivity contribution in [2.24, 2.45) is 0 Å². The van der Waals surface area contributed by atoms with E-state index in [2.05, 4.69) is 10.2 Å². The van der Waals surface area contributed by atoms with Crippen LogP contribution in [0.2, 0.25) is 5.02 Å². The number of ether oxygens (including phenoxy) is 1. The van der Waals surface area contributed by atoms with Gasteiger partial charge in [-0.05, 0) is 75.7 Å². The van der Waals surface area contributed by atoms with Gasteiger partial charge in [0.25, 0.3) is 5.91 Å². The summed E-state index contributed by atoms with van der Waals surface area (Å²) < 4.78 is 5.75. The lowest BCUT2D eigenvalue weighted by Crippen LogP contribution is -2.41. The zero-order valence-corrected chi connectivity index (χ0v) is 14.8. The van der Waals surface area contributed by atoms with E-state index in [1.54, 1.807) is 6.07 Å². The number of rotatable bonds is 4. The number of nitrogens with zero attached hydrogens (tertiary/aromatic N) is 1. The van der Waals surface area contributed by atoms with Gasteiger partial charge in [0.2, 0.25) is 0 Å². The van der Waals surface area contributed by atoms with Crippen molar-refractivity contribution in [2.45, 2.75) is 50.5 Å². The molecule has 130 valence electrons. The SMILES string of the molecule is O=C(NCCC12CCCN1CCC2)c1cc(Cl)cc2c1OCCC2. The highest BCUT2D eigenvalue weighted by atomic mass is 35.5. The smallest absolute Gasteiger partial charge is 0.255 e. The third-order valence-corrected chi connectivity index (χ3v) is 6.12. The van der Waals surface area contributed by atoms with Crippen LogP contribution in [0.4, 0.5) is 0 Å². The number of nitrogens with one attached hydrogen (secondary N) is 1. The number of hydrogen-bond donors (Lipinski definition) is 1. The number of halogens is 1. The lowest BCUT2D eigenvalue weighted by atomic mass is 9.90. The molecule has 1 amide bonds. The highest BCUT2D eigenvalue weighted by Crippen LogP contribution is 2.41. The van der Waals surface area contributed by atoms with E-state index in [-0.39, 0.29) is 5.91 Å². The number of carbonyl (C=O) groups is 1. The van der Waals surface area contributed by atoms with E-state index < -0.39 is 0 Å². The molecule has 0 unspecified atom stereocenters. The number of fused-ring (bicyclic) bond motifs is 2. The second kappa shape index (κ2) is 6.57. The third kappa shape index (κ3) is 2.91. The second-order valence-corrected chi connectivity index (χ2v) is 7.75. The summed E-state index contributed by atoms with van der Waals surface area (Å²) in [5, 5.41) is 3.72. The molecular formula is C19H25ClN2O2. The molecule has 3 heterocycles. The Balaban J connectivity index is 1.43. The summed E-state index contributed by atoms with van der Waals surface area (Å²) in [6.45, 7) is 3.84. The summed E-state index contributed by atoms with van der Waals surface area (Å²) in [4.78, 5) is 15.3. The van der Waals surface area contributed by atoms with Crippen LogP contribution >= 0.6 is 11.6 Å². The van der Waals surface area contributed by atoms with Crippen molar-refractivity contribution in [3.63, 3.8) is 0 Å². The Morgan fingerprint density at radius 3 is 2.83 bits per heavy atom. The second-order valence-electron chi connectivity index (χ2n) is 7.32. The minimum atomic E-state index is -0.0606. The molecule has 24 heavy (non-hydrogen) atoms. The van der Waals surface area contributed by atoms with Crippen molar-refractivity contribution in [3.8, 4) is 5.75 Å². The minimum Gasteiger partial charge on any atom is -0.492 e. The predicted molar refractivity (Wildman–Crippen MR) is 95.0 cm³/mol. The van der Waals surface area contributed by atoms with Crippen LogP contribution < -0.4 is 10.1 Å². The molecule has 0 bridgehead atoms. The first-order chi connectivity index (χ1) is 11.7. The van der Waals surface area contributed by atoms with Crippen LogP contribution in [0.25, 0.3) is 0 Å². The molecular weight excluding hydrogens is 324 g/mol. The van der Waals surface area contributed by atoms with E-state index in [4.69, 9.17) is 16.3 Å². The van der Waals surface area contributed by atoms with Gasteiger partial charge in [-0.25, -0.2) is 0 Å². The largest absolute Gasteiger partial charge is 0.492 e. The number of benzene rings is 1. The number of hydrogen-bond acceptors (Lipinski definition) is 3. The zero-order valence-electron chi connectivity index (χ0n) is 14.1. The molecule has 0 atom stereocenters. The summed E-state index contributed by atoms with van der Waals surface area (Å²) >= 11 is 6.19. The zero-order chi connectivity index (χ0) is 16.6. The Hall–Kier alpha value is -1.26. The Labute approximate surface area is 148 Å². The number of carbonyl (C=O) groups excluding carboxylic acids is 1. The fourth-order valence-electron chi connectivity index (χ4n) is 4.75. The normalized spacial score (nSPS) is 21.9. The number of amides is 1. The maximum absolute atomic E-state index is 12.7. The van der Waals surface area contributed by atoms with Crippen molar-refractivity contribution < 1.29 is 9.53 Å². The highest BCUT2D eigenvalue weighted by Gasteiger charge is 2.43. The molecule has 5 heteroatoms. The van der Waals surface area contributed by atoms with Crippen molar-refractivity contribution in [1.29, 1.82) is 0 Å². The average molecular weight is 349 g/mol. The van der Waals surface area contributed by atoms with E-state index in [0.29, 0.717) is 22.7 Å². The van der Waals surface area contributed by atoms with Gasteiger partial charge in [0.1, 0.15) is 5.75 Å². The van der Waals surface area contributed by atoms with Crippen LogP contribution in [0.5, 0.6) is 5.75 Å². The summed E-state index contributed by atoms with van der Waals surface area (Å²) in [7, 11) is 0. The summed E-state index contributed by atoms with van der Waals surface area (Å²) in [5.74, 6) is 0.666. The van der Waals surface area contributed by atoms with E-state index in [1.165, 1.54) is 38.8 Å². The van der Waals surface area contributed by atoms with Crippen molar-refractivity contribution in [2.75, 3.05) is 26.2 Å². The van der Waals surface area contributed by atoms with Gasteiger partial charge in [-0.1, -0.05) is 11.6 Å². The molecule has 0 saturated carbocycles. The fourth-order valence-corrected chi connectivity index (χ4v) is 4.99. The molecule has 1 aromatic rings. The Kier molecular flexibility index (Phi) is 4.44. The lowest BCUT2D eigenvalue weighted by molar-refractivity contribution is 0.0938. The summed E-state index contributed by atoms with van der Waals surface area (Å²) in [6.07, 6.45) is 8.09. The van der Waals surface area contributed by atoms with E-state index >= 15 is 0 Å². The van der Waals surface area contributed by atoms with Crippen LogP contribution in [-0.2, 0) is 6.42 Å². The summed E-state index contributed by atoms with van der Waals surface area (Å²) in [5.41, 5.74) is 1.98. The predicted octanol–water partition coefficient (Wildman–Crippen LogP) is 3.41. The fraction of sp³-hybridized carbons (Fsp3) is 0.632. The molecule has 1 N–H and O–H groups in total. The molecule has 0 aromatic heterocycles. The first kappa shape index (κ1) is 16.2. The van der Waals surface area contributed by atoms with Crippen LogP contribution in [-0.4, -0.2) is 42.6 Å². The Bertz CT molecular complexity index is 636. The van der Waals surface area contributed by atoms with Gasteiger partial charge >= 0.3 is 0 Å². The van der Waals surface area contributed by atoms with Crippen molar-refractivity contribution >= 4 is 17.5 Å². The molecule has 0 radical (unpaired) electrons. The first-order valence-corrected chi connectivity index (χ1v) is 9.54. The van der Waals surface area contributed by atoms with Gasteiger partial charge in [-0.2, -0.15) is 0 Å². The third-order valence-electron chi connectivity index (χ3n) is 5.90. The van der Waals surface area contributed by atoms with Gasteiger partial charge < -0.3 is 10.1 Å². The van der Waals surface area contributed by atoms with Crippen LogP contribution in [0.15, 0.2) is 12.1 Å². The van der Waals surface area contributed by atoms with Gasteiger partial charge in [0, 0.05) is 17.1 Å². The Morgan fingerprint density at radius 2 is 2.04 bits per heavy atom. The average Bonchev–Trinajstić information content (AvgIpc) is 3.13. The first-order valence-electron chi connectivity index (χ1n) is 9.16. The number of aryl methyl sites for hydroxylation is 1. The van der Waals surface area contributed by atoms with Gasteiger partial charge in [-0.3, -0.25) is 9.69 Å². The maximum atomic E-state index is 12.7. The van der Waals surface area contributed by atoms with Crippen LogP contribution in [0.1, 0.15) is 54.4 Å². The Morgan fingerprint density at radius 1 is 1.25 bits per heavy atom. The maximum Gasteiger partial charge on any atom is 0.255 e. The molecule has 4 nitrogen and oxygen atoms in total. The molecule has 3 aliphatic rings. The molecule has 2 fully saturated rings. The molecule has 1 aromatic carbocycles. The van der Waals surface area contributed by atoms with Crippen LogP contribution in [0, 0.1) is 0 Å². The topological polar surface area (TPSA) is 41.6 Å². The van der Waals surface area contributed by atoms with Crippen LogP contribution in [0.3, 0.4) is 0 Å². The minimum absolute atomic E-state index is 0.0606. The lowest BCUT2D eigenvalue weighted by Gasteiger charge is -2.32. The molecule has 0 spiro atoms. The standard InChI is InChI=1S/C19H25ClN2O2/c20-15-12-14-4-1-11-24-17(14)16(13-15)18(23)21-8-7-19-5-2-9-22(19)10-3-6-19/h12-13H,1-11H2,(H,21,23). The van der Waals surface area contributed by atoms with E-state index in [0.717, 1.165) is 37.1 Å². The monoisotopic (exact) mass is 348 g/mol. The molecule has 4 rings (SSSR count). The summed E-state index contributed by atoms with van der Waals surface area (Å²) in [6, 6.07) is 3.65. The highest BCUT2D eigenvalue weighted by molar-refractivity contribution is 6.31.